The lowest BCUT2D eigenvalue weighted by atomic mass is 9.98. The molecule has 1 aliphatic heterocycles. The van der Waals surface area contributed by atoms with Gasteiger partial charge in [0.25, 0.3) is 0 Å². The second-order valence-corrected chi connectivity index (χ2v) is 5.92. The van der Waals surface area contributed by atoms with E-state index in [9.17, 15) is 4.79 Å². The SMILES string of the molecule is Cc1ccc(Br)cc1NC(=O)N1CCC(CO)CC1. The largest absolute Gasteiger partial charge is 0.396 e. The van der Waals surface area contributed by atoms with E-state index in [-0.39, 0.29) is 12.6 Å². The third-order valence-corrected chi connectivity index (χ3v) is 4.09. The van der Waals surface area contributed by atoms with Crippen molar-refractivity contribution in [2.24, 2.45) is 5.92 Å². The predicted octanol–water partition coefficient (Wildman–Crippen LogP) is 2.99. The number of rotatable bonds is 2. The number of amides is 2. The maximum Gasteiger partial charge on any atom is 0.321 e. The number of halogens is 1. The van der Waals surface area contributed by atoms with Crippen molar-refractivity contribution >= 4 is 27.6 Å². The predicted molar refractivity (Wildman–Crippen MR) is 79.3 cm³/mol. The van der Waals surface area contributed by atoms with E-state index < -0.39 is 0 Å². The van der Waals surface area contributed by atoms with Crippen LogP contribution in [-0.2, 0) is 0 Å². The molecule has 2 amide bonds. The third kappa shape index (κ3) is 3.70. The number of piperidine rings is 1. The highest BCUT2D eigenvalue weighted by molar-refractivity contribution is 9.10. The van der Waals surface area contributed by atoms with Crippen LogP contribution in [0.4, 0.5) is 10.5 Å². The van der Waals surface area contributed by atoms with Gasteiger partial charge in [0.05, 0.1) is 0 Å². The van der Waals surface area contributed by atoms with Crippen molar-refractivity contribution in [2.45, 2.75) is 19.8 Å². The fourth-order valence-corrected chi connectivity index (χ4v) is 2.60. The smallest absolute Gasteiger partial charge is 0.321 e. The monoisotopic (exact) mass is 326 g/mol. The second kappa shape index (κ2) is 6.39. The summed E-state index contributed by atoms with van der Waals surface area (Å²) in [5.41, 5.74) is 1.88. The number of nitrogens with zero attached hydrogens (tertiary/aromatic N) is 1. The van der Waals surface area contributed by atoms with Crippen molar-refractivity contribution in [1.82, 2.24) is 4.90 Å². The molecule has 0 radical (unpaired) electrons. The molecule has 0 aliphatic carbocycles. The average Bonchev–Trinajstić information content (AvgIpc) is 2.43. The molecule has 1 aromatic rings. The zero-order valence-electron chi connectivity index (χ0n) is 11.0. The molecule has 2 rings (SSSR count). The molecular weight excluding hydrogens is 308 g/mol. The summed E-state index contributed by atoms with van der Waals surface area (Å²) >= 11 is 3.41. The molecule has 0 spiro atoms. The molecule has 0 bridgehead atoms. The van der Waals surface area contributed by atoms with Crippen LogP contribution in [0, 0.1) is 12.8 Å². The van der Waals surface area contributed by atoms with E-state index >= 15 is 0 Å². The van der Waals surface area contributed by atoms with Gasteiger partial charge in [0.1, 0.15) is 0 Å². The van der Waals surface area contributed by atoms with E-state index in [1.807, 2.05) is 30.0 Å². The summed E-state index contributed by atoms with van der Waals surface area (Å²) in [7, 11) is 0. The number of aryl methyl sites for hydroxylation is 1. The van der Waals surface area contributed by atoms with Gasteiger partial charge in [-0.2, -0.15) is 0 Å². The summed E-state index contributed by atoms with van der Waals surface area (Å²) < 4.78 is 0.951. The Morgan fingerprint density at radius 1 is 1.47 bits per heavy atom. The van der Waals surface area contributed by atoms with Gasteiger partial charge in [-0.3, -0.25) is 0 Å². The minimum Gasteiger partial charge on any atom is -0.396 e. The number of aliphatic hydroxyl groups is 1. The van der Waals surface area contributed by atoms with Crippen molar-refractivity contribution < 1.29 is 9.90 Å². The molecule has 1 saturated heterocycles. The summed E-state index contributed by atoms with van der Waals surface area (Å²) in [5.74, 6) is 0.344. The minimum absolute atomic E-state index is 0.0578. The first-order valence-corrected chi connectivity index (χ1v) is 7.32. The Morgan fingerprint density at radius 2 is 2.16 bits per heavy atom. The number of likely N-dealkylation sites (tertiary alicyclic amines) is 1. The summed E-state index contributed by atoms with van der Waals surface area (Å²) in [6, 6.07) is 5.78. The van der Waals surface area contributed by atoms with Gasteiger partial charge >= 0.3 is 6.03 Å². The number of nitrogens with one attached hydrogen (secondary N) is 1. The van der Waals surface area contributed by atoms with Gasteiger partial charge in [-0.15, -0.1) is 0 Å². The lowest BCUT2D eigenvalue weighted by Gasteiger charge is -2.31. The van der Waals surface area contributed by atoms with E-state index in [4.69, 9.17) is 5.11 Å². The summed E-state index contributed by atoms with van der Waals surface area (Å²) in [6.45, 7) is 3.62. The maximum absolute atomic E-state index is 12.2. The number of urea groups is 1. The molecule has 0 saturated carbocycles. The van der Waals surface area contributed by atoms with Crippen LogP contribution in [0.3, 0.4) is 0 Å². The van der Waals surface area contributed by atoms with Crippen molar-refractivity contribution in [3.8, 4) is 0 Å². The Morgan fingerprint density at radius 3 is 2.79 bits per heavy atom. The Kier molecular flexibility index (Phi) is 4.82. The van der Waals surface area contributed by atoms with Crippen LogP contribution in [0.25, 0.3) is 0 Å². The fraction of sp³-hybridized carbons (Fsp3) is 0.500. The van der Waals surface area contributed by atoms with Gasteiger partial charge in [-0.25, -0.2) is 4.79 Å². The summed E-state index contributed by atoms with van der Waals surface area (Å²) in [5, 5.41) is 12.0. The van der Waals surface area contributed by atoms with E-state index in [0.29, 0.717) is 19.0 Å². The van der Waals surface area contributed by atoms with Gasteiger partial charge in [0.15, 0.2) is 0 Å². The fourth-order valence-electron chi connectivity index (χ4n) is 2.24. The van der Waals surface area contributed by atoms with Crippen LogP contribution in [-0.4, -0.2) is 35.7 Å². The van der Waals surface area contributed by atoms with Crippen LogP contribution in [0.1, 0.15) is 18.4 Å². The zero-order chi connectivity index (χ0) is 13.8. The van der Waals surface area contributed by atoms with Crippen molar-refractivity contribution in [3.63, 3.8) is 0 Å². The van der Waals surface area contributed by atoms with Crippen LogP contribution in [0.15, 0.2) is 22.7 Å². The number of hydrogen-bond donors (Lipinski definition) is 2. The molecule has 1 heterocycles. The topological polar surface area (TPSA) is 52.6 Å². The number of aliphatic hydroxyl groups excluding tert-OH is 1. The highest BCUT2D eigenvalue weighted by atomic mass is 79.9. The van der Waals surface area contributed by atoms with Gasteiger partial charge in [0.2, 0.25) is 0 Å². The third-order valence-electron chi connectivity index (χ3n) is 3.60. The highest BCUT2D eigenvalue weighted by Crippen LogP contribution is 2.22. The Balaban J connectivity index is 1.96. The van der Waals surface area contributed by atoms with Gasteiger partial charge in [0, 0.05) is 29.9 Å². The summed E-state index contributed by atoms with van der Waals surface area (Å²) in [6.07, 6.45) is 1.75. The first-order valence-electron chi connectivity index (χ1n) is 6.53. The van der Waals surface area contributed by atoms with E-state index in [2.05, 4.69) is 21.2 Å². The van der Waals surface area contributed by atoms with E-state index in [1.54, 1.807) is 0 Å². The molecule has 4 nitrogen and oxygen atoms in total. The highest BCUT2D eigenvalue weighted by Gasteiger charge is 2.22. The van der Waals surface area contributed by atoms with Crippen LogP contribution in [0.5, 0.6) is 0 Å². The second-order valence-electron chi connectivity index (χ2n) is 5.00. The molecule has 19 heavy (non-hydrogen) atoms. The van der Waals surface area contributed by atoms with Gasteiger partial charge in [-0.1, -0.05) is 22.0 Å². The molecular formula is C14H19BrN2O2. The molecule has 5 heteroatoms. The molecule has 104 valence electrons. The standard InChI is InChI=1S/C14H19BrN2O2/c1-10-2-3-12(15)8-13(10)16-14(19)17-6-4-11(9-18)5-7-17/h2-3,8,11,18H,4-7,9H2,1H3,(H,16,19). The minimum atomic E-state index is -0.0578. The molecule has 1 aliphatic rings. The normalized spacial score (nSPS) is 16.5. The number of carbonyl (C=O) groups is 1. The van der Waals surface area contributed by atoms with Crippen LogP contribution < -0.4 is 5.32 Å². The average molecular weight is 327 g/mol. The molecule has 1 fully saturated rings. The van der Waals surface area contributed by atoms with Crippen molar-refractivity contribution in [2.75, 3.05) is 25.0 Å². The summed E-state index contributed by atoms with van der Waals surface area (Å²) in [4.78, 5) is 14.0. The molecule has 0 aromatic heterocycles. The first-order chi connectivity index (χ1) is 9.10. The number of benzene rings is 1. The Bertz CT molecular complexity index is 457. The Labute approximate surface area is 121 Å². The van der Waals surface area contributed by atoms with E-state index in [1.165, 1.54) is 0 Å². The van der Waals surface area contributed by atoms with Crippen molar-refractivity contribution in [3.05, 3.63) is 28.2 Å². The molecule has 1 aromatic carbocycles. The number of hydrogen-bond acceptors (Lipinski definition) is 2. The number of anilines is 1. The van der Waals surface area contributed by atoms with Crippen molar-refractivity contribution in [1.29, 1.82) is 0 Å². The van der Waals surface area contributed by atoms with Gasteiger partial charge in [-0.05, 0) is 43.4 Å². The maximum atomic E-state index is 12.2. The molecule has 2 N–H and O–H groups in total. The first kappa shape index (κ1) is 14.3. The molecule has 0 atom stereocenters. The lowest BCUT2D eigenvalue weighted by Crippen LogP contribution is -2.41. The Hall–Kier alpha value is -1.07. The van der Waals surface area contributed by atoms with Crippen LogP contribution >= 0.6 is 15.9 Å². The van der Waals surface area contributed by atoms with Gasteiger partial charge < -0.3 is 15.3 Å². The van der Waals surface area contributed by atoms with Crippen LogP contribution in [0.2, 0.25) is 0 Å². The lowest BCUT2D eigenvalue weighted by molar-refractivity contribution is 0.143. The zero-order valence-corrected chi connectivity index (χ0v) is 12.6. The quantitative estimate of drug-likeness (QED) is 0.877. The molecule has 0 unspecified atom stereocenters. The number of carbonyl (C=O) groups excluding carboxylic acids is 1. The van der Waals surface area contributed by atoms with E-state index in [0.717, 1.165) is 28.6 Å².